The molecule has 1 aliphatic rings. The zero-order valence-electron chi connectivity index (χ0n) is 16.7. The summed E-state index contributed by atoms with van der Waals surface area (Å²) in [6.07, 6.45) is 5.10. The van der Waals surface area contributed by atoms with E-state index in [0.29, 0.717) is 25.6 Å². The lowest BCUT2D eigenvalue weighted by Gasteiger charge is -2.33. The zero-order chi connectivity index (χ0) is 22.8. The number of amides is 1. The van der Waals surface area contributed by atoms with Gasteiger partial charge in [0.15, 0.2) is 0 Å². The van der Waals surface area contributed by atoms with Gasteiger partial charge in [0, 0.05) is 37.1 Å². The summed E-state index contributed by atoms with van der Waals surface area (Å²) in [5.41, 5.74) is 0. The molecule has 1 unspecified atom stereocenters. The predicted octanol–water partition coefficient (Wildman–Crippen LogP) is 4.49. The lowest BCUT2D eigenvalue weighted by molar-refractivity contribution is -0.134. The van der Waals surface area contributed by atoms with Crippen LogP contribution in [-0.2, 0) is 21.4 Å². The topological polar surface area (TPSA) is 84.3 Å². The molecule has 170 valence electrons. The van der Waals surface area contributed by atoms with Gasteiger partial charge in [-0.3, -0.25) is 4.79 Å². The number of sulfonamides is 1. The Labute approximate surface area is 201 Å². The van der Waals surface area contributed by atoms with E-state index >= 15 is 0 Å². The van der Waals surface area contributed by atoms with Gasteiger partial charge in [-0.25, -0.2) is 13.4 Å². The first-order chi connectivity index (χ1) is 14.6. The Morgan fingerprint density at radius 2 is 1.81 bits per heavy atom. The minimum absolute atomic E-state index is 0.124. The molecule has 3 rings (SSSR count). The first-order valence-corrected chi connectivity index (χ1v) is 12.7. The molecular formula is C19H22Cl4N4O3S. The molecule has 0 radical (unpaired) electrons. The number of hydrogen-bond donors (Lipinski definition) is 1. The van der Waals surface area contributed by atoms with E-state index in [1.165, 1.54) is 18.3 Å². The number of aromatic nitrogens is 2. The van der Waals surface area contributed by atoms with E-state index < -0.39 is 16.1 Å². The average molecular weight is 528 g/mol. The van der Waals surface area contributed by atoms with Crippen LogP contribution < -0.4 is 4.72 Å². The van der Waals surface area contributed by atoms with E-state index in [1.807, 2.05) is 0 Å². The number of halogens is 4. The molecule has 1 aromatic carbocycles. The Hall–Kier alpha value is -1.03. The van der Waals surface area contributed by atoms with Gasteiger partial charge in [0.1, 0.15) is 10.9 Å². The molecular weight excluding hydrogens is 506 g/mol. The maximum Gasteiger partial charge on any atom is 0.244 e. The fourth-order valence-electron chi connectivity index (χ4n) is 3.46. The van der Waals surface area contributed by atoms with Crippen LogP contribution in [0.25, 0.3) is 0 Å². The molecule has 0 saturated carbocycles. The summed E-state index contributed by atoms with van der Waals surface area (Å²) in [5.74, 6) is 0.226. The summed E-state index contributed by atoms with van der Waals surface area (Å²) < 4.78 is 30.4. The molecule has 1 saturated heterocycles. The van der Waals surface area contributed by atoms with E-state index in [9.17, 15) is 13.2 Å². The molecule has 0 spiro atoms. The Bertz CT molecular complexity index is 1030. The molecule has 7 nitrogen and oxygen atoms in total. The molecule has 1 N–H and O–H groups in total. The number of carbonyl (C=O) groups is 1. The van der Waals surface area contributed by atoms with Gasteiger partial charge >= 0.3 is 0 Å². The summed E-state index contributed by atoms with van der Waals surface area (Å²) >= 11 is 24.1. The molecule has 1 atom stereocenters. The van der Waals surface area contributed by atoms with Crippen molar-refractivity contribution in [1.29, 1.82) is 0 Å². The molecule has 0 bridgehead atoms. The summed E-state index contributed by atoms with van der Waals surface area (Å²) in [5, 5.41) is 0.213. The molecule has 2 aromatic rings. The van der Waals surface area contributed by atoms with Gasteiger partial charge in [-0.15, -0.1) is 0 Å². The van der Waals surface area contributed by atoms with E-state index in [2.05, 4.69) is 16.6 Å². The normalized spacial score (nSPS) is 16.5. The highest BCUT2D eigenvalue weighted by Crippen LogP contribution is 2.33. The molecule has 12 heteroatoms. The summed E-state index contributed by atoms with van der Waals surface area (Å²) in [4.78, 5) is 18.5. The van der Waals surface area contributed by atoms with E-state index in [0.717, 1.165) is 12.8 Å². The van der Waals surface area contributed by atoms with Crippen molar-refractivity contribution in [3.63, 3.8) is 0 Å². The Kier molecular flexibility index (Phi) is 8.16. The largest absolute Gasteiger partial charge is 0.341 e. The van der Waals surface area contributed by atoms with Crippen LogP contribution in [0.1, 0.15) is 26.2 Å². The lowest BCUT2D eigenvalue weighted by atomic mass is 9.98. The van der Waals surface area contributed by atoms with Crippen molar-refractivity contribution in [2.75, 3.05) is 13.1 Å². The third kappa shape index (κ3) is 6.06. The van der Waals surface area contributed by atoms with Crippen molar-refractivity contribution in [3.05, 3.63) is 44.9 Å². The van der Waals surface area contributed by atoms with E-state index in [-0.39, 0.29) is 37.6 Å². The van der Waals surface area contributed by atoms with E-state index in [1.54, 1.807) is 15.7 Å². The summed E-state index contributed by atoms with van der Waals surface area (Å²) in [7, 11) is -4.21. The monoisotopic (exact) mass is 526 g/mol. The number of nitrogens with zero attached hydrogens (tertiary/aromatic N) is 3. The average Bonchev–Trinajstić information content (AvgIpc) is 3.09. The van der Waals surface area contributed by atoms with Crippen molar-refractivity contribution >= 4 is 62.3 Å². The number of hydrogen-bond acceptors (Lipinski definition) is 4. The number of likely N-dealkylation sites (tertiary alicyclic amines) is 1. The van der Waals surface area contributed by atoms with Gasteiger partial charge in [0.2, 0.25) is 21.2 Å². The number of imidazole rings is 1. The summed E-state index contributed by atoms with van der Waals surface area (Å²) in [6, 6.07) is 1.55. The number of carbonyl (C=O) groups excluding carboxylic acids is 1. The van der Waals surface area contributed by atoms with Gasteiger partial charge < -0.3 is 9.47 Å². The van der Waals surface area contributed by atoms with Gasteiger partial charge in [-0.2, -0.15) is 4.72 Å². The number of rotatable bonds is 7. The highest BCUT2D eigenvalue weighted by atomic mass is 35.5. The first kappa shape index (κ1) is 24.6. The fourth-order valence-corrected chi connectivity index (χ4v) is 6.43. The van der Waals surface area contributed by atoms with Crippen LogP contribution >= 0.6 is 46.4 Å². The van der Waals surface area contributed by atoms with Crippen molar-refractivity contribution < 1.29 is 13.2 Å². The smallest absolute Gasteiger partial charge is 0.244 e. The molecule has 2 heterocycles. The molecule has 1 aromatic heterocycles. The van der Waals surface area contributed by atoms with Crippen LogP contribution in [0.3, 0.4) is 0 Å². The van der Waals surface area contributed by atoms with Crippen LogP contribution in [0.15, 0.2) is 29.4 Å². The highest BCUT2D eigenvalue weighted by Gasteiger charge is 2.33. The Balaban J connectivity index is 1.86. The first-order valence-electron chi connectivity index (χ1n) is 9.71. The number of piperidine rings is 1. The molecule has 0 aliphatic carbocycles. The van der Waals surface area contributed by atoms with Crippen LogP contribution in [0, 0.1) is 5.92 Å². The second-order valence-corrected chi connectivity index (χ2v) is 10.8. The highest BCUT2D eigenvalue weighted by molar-refractivity contribution is 7.89. The third-order valence-electron chi connectivity index (χ3n) is 5.25. The third-order valence-corrected chi connectivity index (χ3v) is 8.17. The molecule has 1 fully saturated rings. The standard InChI is InChI=1S/C19H22Cl4N4O3S/c1-12-2-6-26(7-3-12)18(28)16(4-8-27-9-5-24-19(27)23)25-31(29,30)17-14(21)10-13(20)11-15(17)22/h5,9-12,16,25H,2-4,6-8H2,1H3. The lowest BCUT2D eigenvalue weighted by Crippen LogP contribution is -2.51. The quantitative estimate of drug-likeness (QED) is 0.574. The van der Waals surface area contributed by atoms with Crippen LogP contribution in [-0.4, -0.2) is 47.9 Å². The van der Waals surface area contributed by atoms with Gasteiger partial charge in [0.05, 0.1) is 10.0 Å². The molecule has 1 aliphatic heterocycles. The SMILES string of the molecule is CC1CCN(C(=O)C(CCn2ccnc2Cl)NS(=O)(=O)c2c(Cl)cc(Cl)cc2Cl)CC1. The fraction of sp³-hybridized carbons (Fsp3) is 0.474. The van der Waals surface area contributed by atoms with Crippen molar-refractivity contribution in [2.24, 2.45) is 5.92 Å². The van der Waals surface area contributed by atoms with Gasteiger partial charge in [0.25, 0.3) is 0 Å². The van der Waals surface area contributed by atoms with E-state index in [4.69, 9.17) is 46.4 Å². The van der Waals surface area contributed by atoms with Gasteiger partial charge in [-0.05, 0) is 48.9 Å². The van der Waals surface area contributed by atoms with Crippen LogP contribution in [0.5, 0.6) is 0 Å². The van der Waals surface area contributed by atoms with Crippen molar-refractivity contribution in [2.45, 2.75) is 43.7 Å². The summed E-state index contributed by atoms with van der Waals surface area (Å²) in [6.45, 7) is 3.58. The number of aryl methyl sites for hydroxylation is 1. The molecule has 1 amide bonds. The van der Waals surface area contributed by atoms with Crippen LogP contribution in [0.4, 0.5) is 0 Å². The number of nitrogens with one attached hydrogen (secondary N) is 1. The Morgan fingerprint density at radius 1 is 1.19 bits per heavy atom. The maximum atomic E-state index is 13.2. The van der Waals surface area contributed by atoms with Crippen molar-refractivity contribution in [3.8, 4) is 0 Å². The zero-order valence-corrected chi connectivity index (χ0v) is 20.5. The minimum Gasteiger partial charge on any atom is -0.341 e. The number of benzene rings is 1. The maximum absolute atomic E-state index is 13.2. The second-order valence-electron chi connectivity index (χ2n) is 7.56. The Morgan fingerprint density at radius 3 is 2.35 bits per heavy atom. The predicted molar refractivity (Wildman–Crippen MR) is 122 cm³/mol. The molecule has 31 heavy (non-hydrogen) atoms. The minimum atomic E-state index is -4.21. The van der Waals surface area contributed by atoms with Gasteiger partial charge in [-0.1, -0.05) is 41.7 Å². The second kappa shape index (κ2) is 10.3. The van der Waals surface area contributed by atoms with Crippen molar-refractivity contribution in [1.82, 2.24) is 19.2 Å². The van der Waals surface area contributed by atoms with Crippen LogP contribution in [0.2, 0.25) is 20.4 Å².